The summed E-state index contributed by atoms with van der Waals surface area (Å²) in [6.07, 6.45) is 0. The van der Waals surface area contributed by atoms with E-state index >= 15 is 0 Å². The molecule has 6 heteroatoms. The van der Waals surface area contributed by atoms with Gasteiger partial charge in [-0.25, -0.2) is 4.98 Å². The molecule has 0 bridgehead atoms. The summed E-state index contributed by atoms with van der Waals surface area (Å²) in [5.41, 5.74) is 7.00. The van der Waals surface area contributed by atoms with Gasteiger partial charge in [0.25, 0.3) is 5.91 Å². The summed E-state index contributed by atoms with van der Waals surface area (Å²) in [5, 5.41) is 6.01. The number of benzene rings is 3. The topological polar surface area (TPSA) is 67.2 Å². The smallest absolute Gasteiger partial charge is 0.257 e. The molecule has 1 amide bonds. The number of rotatable bonds is 3. The summed E-state index contributed by atoms with van der Waals surface area (Å²) < 4.78 is 5.94. The second-order valence-electron chi connectivity index (χ2n) is 9.31. The number of carbonyl (C=O) groups is 1. The van der Waals surface area contributed by atoms with Gasteiger partial charge < -0.3 is 9.73 Å². The Balaban J connectivity index is 1.48. The van der Waals surface area contributed by atoms with Crippen molar-refractivity contribution in [2.75, 3.05) is 5.32 Å². The lowest BCUT2D eigenvalue weighted by molar-refractivity contribution is 0.0977. The molecule has 0 aliphatic heterocycles. The summed E-state index contributed by atoms with van der Waals surface area (Å²) in [6, 6.07) is 19.5. The first-order chi connectivity index (χ1) is 15.6. The van der Waals surface area contributed by atoms with Gasteiger partial charge in [0.15, 0.2) is 10.7 Å². The zero-order valence-corrected chi connectivity index (χ0v) is 20.3. The maximum absolute atomic E-state index is 12.5. The number of nitrogens with one attached hydrogen (secondary N) is 2. The third kappa shape index (κ3) is 5.29. The lowest BCUT2D eigenvalue weighted by Gasteiger charge is -2.18. The van der Waals surface area contributed by atoms with Crippen LogP contribution in [0.5, 0.6) is 0 Å². The molecule has 4 rings (SSSR count). The fraction of sp³-hybridized carbons (Fsp3) is 0.222. The van der Waals surface area contributed by atoms with Crippen LogP contribution in [0.15, 0.2) is 65.1 Å². The van der Waals surface area contributed by atoms with Gasteiger partial charge >= 0.3 is 0 Å². The van der Waals surface area contributed by atoms with Crippen molar-refractivity contribution in [1.82, 2.24) is 10.3 Å². The Bertz CT molecular complexity index is 1330. The van der Waals surface area contributed by atoms with E-state index in [0.29, 0.717) is 22.6 Å². The largest absolute Gasteiger partial charge is 0.436 e. The highest BCUT2D eigenvalue weighted by atomic mass is 32.1. The molecule has 1 aromatic heterocycles. The molecule has 0 spiro atoms. The zero-order valence-electron chi connectivity index (χ0n) is 19.4. The lowest BCUT2D eigenvalue weighted by atomic mass is 9.87. The lowest BCUT2D eigenvalue weighted by Crippen LogP contribution is -2.34. The highest BCUT2D eigenvalue weighted by Crippen LogP contribution is 2.29. The number of hydrogen-bond acceptors (Lipinski definition) is 4. The number of oxazole rings is 1. The summed E-state index contributed by atoms with van der Waals surface area (Å²) >= 11 is 5.34. The molecule has 0 aliphatic rings. The summed E-state index contributed by atoms with van der Waals surface area (Å²) in [7, 11) is 0. The van der Waals surface area contributed by atoms with Gasteiger partial charge in [-0.1, -0.05) is 50.1 Å². The number of carbonyl (C=O) groups excluding carboxylic acids is 1. The van der Waals surface area contributed by atoms with E-state index in [4.69, 9.17) is 16.6 Å². The van der Waals surface area contributed by atoms with Crippen molar-refractivity contribution in [3.63, 3.8) is 0 Å². The maximum atomic E-state index is 12.5. The Hall–Kier alpha value is -3.51. The van der Waals surface area contributed by atoms with Crippen molar-refractivity contribution in [2.45, 2.75) is 40.0 Å². The summed E-state index contributed by atoms with van der Waals surface area (Å²) in [4.78, 5) is 17.2. The minimum Gasteiger partial charge on any atom is -0.436 e. The predicted molar refractivity (Wildman–Crippen MR) is 138 cm³/mol. The van der Waals surface area contributed by atoms with Gasteiger partial charge in [-0.05, 0) is 79.5 Å². The zero-order chi connectivity index (χ0) is 23.8. The first-order valence-corrected chi connectivity index (χ1v) is 11.2. The van der Waals surface area contributed by atoms with E-state index in [0.717, 1.165) is 22.4 Å². The Morgan fingerprint density at radius 1 is 0.939 bits per heavy atom. The predicted octanol–water partition coefficient (Wildman–Crippen LogP) is 6.54. The van der Waals surface area contributed by atoms with E-state index in [-0.39, 0.29) is 16.4 Å². The molecule has 0 radical (unpaired) electrons. The van der Waals surface area contributed by atoms with Crippen LogP contribution < -0.4 is 10.6 Å². The monoisotopic (exact) mass is 457 g/mol. The minimum absolute atomic E-state index is 0.0897. The SMILES string of the molecule is Cc1cc(C)cc(C(=O)NC(=S)Nc2ccc3oc(-c4ccc(C(C)(C)C)cc4)nc3c2)c1. The van der Waals surface area contributed by atoms with Crippen molar-refractivity contribution in [3.05, 3.63) is 82.9 Å². The van der Waals surface area contributed by atoms with Gasteiger partial charge in [0.2, 0.25) is 5.89 Å². The number of fused-ring (bicyclic) bond motifs is 1. The van der Waals surface area contributed by atoms with Gasteiger partial charge in [-0.15, -0.1) is 0 Å². The Morgan fingerprint density at radius 2 is 1.61 bits per heavy atom. The highest BCUT2D eigenvalue weighted by molar-refractivity contribution is 7.80. The molecule has 0 aliphatic carbocycles. The third-order valence-corrected chi connectivity index (χ3v) is 5.56. The van der Waals surface area contributed by atoms with Crippen LogP contribution in [0.4, 0.5) is 5.69 Å². The standard InChI is InChI=1S/C27H27N3O2S/c1-16-12-17(2)14-19(13-16)24(31)30-26(33)28-21-10-11-23-22(15-21)29-25(32-23)18-6-8-20(9-7-18)27(3,4)5/h6-15H,1-5H3,(H2,28,30,31,33). The van der Waals surface area contributed by atoms with E-state index in [1.807, 2.05) is 62.4 Å². The molecule has 1 heterocycles. The van der Waals surface area contributed by atoms with Crippen LogP contribution in [-0.4, -0.2) is 16.0 Å². The first kappa shape index (κ1) is 22.7. The first-order valence-electron chi connectivity index (χ1n) is 10.8. The van der Waals surface area contributed by atoms with Crippen LogP contribution in [0.25, 0.3) is 22.6 Å². The molecule has 0 saturated carbocycles. The van der Waals surface area contributed by atoms with E-state index in [1.54, 1.807) is 0 Å². The van der Waals surface area contributed by atoms with Gasteiger partial charge in [0.05, 0.1) is 0 Å². The van der Waals surface area contributed by atoms with Crippen LogP contribution in [0.3, 0.4) is 0 Å². The Morgan fingerprint density at radius 3 is 2.24 bits per heavy atom. The number of nitrogens with zero attached hydrogens (tertiary/aromatic N) is 1. The molecule has 2 N–H and O–H groups in total. The molecule has 3 aromatic carbocycles. The average molecular weight is 458 g/mol. The molecule has 0 unspecified atom stereocenters. The second-order valence-corrected chi connectivity index (χ2v) is 9.72. The molecular weight excluding hydrogens is 430 g/mol. The molecule has 168 valence electrons. The minimum atomic E-state index is -0.247. The van der Waals surface area contributed by atoms with Gasteiger partial charge in [-0.2, -0.15) is 0 Å². The van der Waals surface area contributed by atoms with Crippen LogP contribution in [-0.2, 0) is 5.41 Å². The summed E-state index contributed by atoms with van der Waals surface area (Å²) in [5.74, 6) is 0.316. The molecule has 33 heavy (non-hydrogen) atoms. The van der Waals surface area contributed by atoms with Crippen molar-refractivity contribution >= 4 is 40.0 Å². The highest BCUT2D eigenvalue weighted by Gasteiger charge is 2.15. The fourth-order valence-corrected chi connectivity index (χ4v) is 3.90. The third-order valence-electron chi connectivity index (χ3n) is 5.35. The number of hydrogen-bond donors (Lipinski definition) is 2. The average Bonchev–Trinajstić information content (AvgIpc) is 3.16. The number of aromatic nitrogens is 1. The quantitative estimate of drug-likeness (QED) is 0.342. The van der Waals surface area contributed by atoms with Gasteiger partial charge in [0, 0.05) is 16.8 Å². The van der Waals surface area contributed by atoms with E-state index in [9.17, 15) is 4.79 Å². The van der Waals surface area contributed by atoms with Crippen LogP contribution in [0.2, 0.25) is 0 Å². The molecule has 0 saturated heterocycles. The van der Waals surface area contributed by atoms with Gasteiger partial charge in [-0.3, -0.25) is 10.1 Å². The van der Waals surface area contributed by atoms with Crippen molar-refractivity contribution in [1.29, 1.82) is 0 Å². The molecule has 5 nitrogen and oxygen atoms in total. The number of thiocarbonyl (C=S) groups is 1. The normalized spacial score (nSPS) is 11.4. The van der Waals surface area contributed by atoms with Crippen LogP contribution in [0.1, 0.15) is 47.8 Å². The van der Waals surface area contributed by atoms with Crippen molar-refractivity contribution in [3.8, 4) is 11.5 Å². The van der Waals surface area contributed by atoms with Crippen LogP contribution in [0, 0.1) is 13.8 Å². The van der Waals surface area contributed by atoms with Crippen LogP contribution >= 0.6 is 12.2 Å². The number of anilines is 1. The molecular formula is C27H27N3O2S. The molecule has 0 atom stereocenters. The Labute approximate surface area is 199 Å². The van der Waals surface area contributed by atoms with Gasteiger partial charge in [0.1, 0.15) is 5.52 Å². The molecule has 4 aromatic rings. The van der Waals surface area contributed by atoms with E-state index in [2.05, 4.69) is 48.5 Å². The summed E-state index contributed by atoms with van der Waals surface area (Å²) in [6.45, 7) is 10.5. The maximum Gasteiger partial charge on any atom is 0.257 e. The molecule has 0 fully saturated rings. The fourth-order valence-electron chi connectivity index (χ4n) is 3.68. The van der Waals surface area contributed by atoms with Crippen molar-refractivity contribution in [2.24, 2.45) is 0 Å². The van der Waals surface area contributed by atoms with E-state index in [1.165, 1.54) is 5.56 Å². The number of aryl methyl sites for hydroxylation is 2. The Kier molecular flexibility index (Phi) is 6.04. The van der Waals surface area contributed by atoms with Crippen molar-refractivity contribution < 1.29 is 9.21 Å². The second kappa shape index (κ2) is 8.79. The van der Waals surface area contributed by atoms with E-state index < -0.39 is 0 Å². The number of amides is 1.